The number of hydrogen-bond acceptors (Lipinski definition) is 3. The molecule has 0 saturated heterocycles. The van der Waals surface area contributed by atoms with E-state index in [2.05, 4.69) is 5.32 Å². The second kappa shape index (κ2) is 6.78. The van der Waals surface area contributed by atoms with Crippen LogP contribution >= 0.6 is 12.4 Å². The van der Waals surface area contributed by atoms with Crippen LogP contribution in [0, 0.1) is 0 Å². The molecule has 1 aromatic rings. The van der Waals surface area contributed by atoms with Crippen molar-refractivity contribution in [2.45, 2.75) is 31.2 Å². The van der Waals surface area contributed by atoms with Crippen molar-refractivity contribution in [2.75, 3.05) is 13.7 Å². The maximum Gasteiger partial charge on any atom is 0.224 e. The number of carbonyl (C=O) groups is 1. The molecule has 4 nitrogen and oxygen atoms in total. The van der Waals surface area contributed by atoms with E-state index in [1.54, 1.807) is 7.11 Å². The lowest BCUT2D eigenvalue weighted by atomic mass is 9.78. The molecule has 0 heterocycles. The summed E-state index contributed by atoms with van der Waals surface area (Å²) in [5.74, 6) is 0.745. The lowest BCUT2D eigenvalue weighted by Crippen LogP contribution is -2.55. The first kappa shape index (κ1) is 15.8. The molecule has 0 atom stereocenters. The van der Waals surface area contributed by atoms with Crippen LogP contribution in [0.3, 0.4) is 0 Å². The summed E-state index contributed by atoms with van der Waals surface area (Å²) in [6, 6.07) is 7.56. The second-order valence-corrected chi connectivity index (χ2v) is 4.98. The van der Waals surface area contributed by atoms with Gasteiger partial charge in [-0.2, -0.15) is 0 Å². The molecule has 0 unspecified atom stereocenters. The summed E-state index contributed by atoms with van der Waals surface area (Å²) in [5, 5.41) is 2.91. The van der Waals surface area contributed by atoms with E-state index in [4.69, 9.17) is 10.5 Å². The zero-order valence-corrected chi connectivity index (χ0v) is 12.0. The predicted molar refractivity (Wildman–Crippen MR) is 77.7 cm³/mol. The van der Waals surface area contributed by atoms with Crippen LogP contribution in [-0.2, 0) is 11.2 Å². The molecule has 0 radical (unpaired) electrons. The van der Waals surface area contributed by atoms with E-state index in [1.165, 1.54) is 6.42 Å². The van der Waals surface area contributed by atoms with Crippen molar-refractivity contribution >= 4 is 18.3 Å². The van der Waals surface area contributed by atoms with Crippen LogP contribution in [-0.4, -0.2) is 25.1 Å². The van der Waals surface area contributed by atoms with Crippen LogP contribution in [0.1, 0.15) is 24.8 Å². The van der Waals surface area contributed by atoms with Crippen LogP contribution in [0.15, 0.2) is 24.3 Å². The average Bonchev–Trinajstić information content (AvgIpc) is 2.35. The number of benzene rings is 1. The summed E-state index contributed by atoms with van der Waals surface area (Å²) in [4.78, 5) is 11.8. The fourth-order valence-corrected chi connectivity index (χ4v) is 2.17. The van der Waals surface area contributed by atoms with Gasteiger partial charge in [-0.15, -0.1) is 12.4 Å². The van der Waals surface area contributed by atoms with Crippen LogP contribution in [0.4, 0.5) is 0 Å². The highest BCUT2D eigenvalue weighted by Crippen LogP contribution is 2.28. The van der Waals surface area contributed by atoms with E-state index in [9.17, 15) is 4.79 Å². The molecule has 2 rings (SSSR count). The summed E-state index contributed by atoms with van der Waals surface area (Å²) in [6.07, 6.45) is 3.50. The van der Waals surface area contributed by atoms with Gasteiger partial charge in [0.15, 0.2) is 0 Å². The Morgan fingerprint density at radius 2 is 2.11 bits per heavy atom. The van der Waals surface area contributed by atoms with E-state index < -0.39 is 0 Å². The molecule has 0 spiro atoms. The standard InChI is InChI=1S/C14H20N2O2.ClH/c1-18-12-6-3-2-5-11(12)9-13(17)16-10-14(15)7-4-8-14;/h2-3,5-6H,4,7-10,15H2,1H3,(H,16,17);1H. The van der Waals surface area contributed by atoms with E-state index in [0.717, 1.165) is 24.2 Å². The van der Waals surface area contributed by atoms with Gasteiger partial charge in [0, 0.05) is 17.6 Å². The van der Waals surface area contributed by atoms with E-state index in [-0.39, 0.29) is 23.9 Å². The molecule has 1 amide bonds. The van der Waals surface area contributed by atoms with Gasteiger partial charge < -0.3 is 15.8 Å². The molecular weight excluding hydrogens is 264 g/mol. The van der Waals surface area contributed by atoms with E-state index in [1.807, 2.05) is 24.3 Å². The number of methoxy groups -OCH3 is 1. The average molecular weight is 285 g/mol. The highest BCUT2D eigenvalue weighted by Gasteiger charge is 2.32. The molecule has 1 saturated carbocycles. The number of carbonyl (C=O) groups excluding carboxylic acids is 1. The molecule has 1 fully saturated rings. The fourth-order valence-electron chi connectivity index (χ4n) is 2.17. The monoisotopic (exact) mass is 284 g/mol. The third-order valence-electron chi connectivity index (χ3n) is 3.53. The first-order chi connectivity index (χ1) is 8.63. The minimum Gasteiger partial charge on any atom is -0.496 e. The fraction of sp³-hybridized carbons (Fsp3) is 0.500. The third-order valence-corrected chi connectivity index (χ3v) is 3.53. The number of hydrogen-bond donors (Lipinski definition) is 2. The van der Waals surface area contributed by atoms with Crippen LogP contribution in [0.5, 0.6) is 5.75 Å². The second-order valence-electron chi connectivity index (χ2n) is 4.98. The molecular formula is C14H21ClN2O2. The summed E-state index contributed by atoms with van der Waals surface area (Å²) in [6.45, 7) is 0.570. The Bertz CT molecular complexity index is 433. The Kier molecular flexibility index (Phi) is 5.63. The van der Waals surface area contributed by atoms with Crippen molar-refractivity contribution in [2.24, 2.45) is 5.73 Å². The van der Waals surface area contributed by atoms with Gasteiger partial charge in [0.1, 0.15) is 5.75 Å². The van der Waals surface area contributed by atoms with Crippen molar-refractivity contribution in [1.82, 2.24) is 5.32 Å². The maximum atomic E-state index is 11.8. The largest absolute Gasteiger partial charge is 0.496 e. The minimum atomic E-state index is -0.170. The van der Waals surface area contributed by atoms with Gasteiger partial charge in [0.2, 0.25) is 5.91 Å². The summed E-state index contributed by atoms with van der Waals surface area (Å²) in [7, 11) is 1.61. The van der Waals surface area contributed by atoms with E-state index in [0.29, 0.717) is 13.0 Å². The molecule has 1 aliphatic carbocycles. The molecule has 0 bridgehead atoms. The molecule has 1 aliphatic rings. The number of para-hydroxylation sites is 1. The molecule has 0 aliphatic heterocycles. The molecule has 3 N–H and O–H groups in total. The Morgan fingerprint density at radius 1 is 1.42 bits per heavy atom. The molecule has 1 aromatic carbocycles. The number of amides is 1. The van der Waals surface area contributed by atoms with Crippen molar-refractivity contribution in [3.63, 3.8) is 0 Å². The maximum absolute atomic E-state index is 11.8. The van der Waals surface area contributed by atoms with Crippen molar-refractivity contribution in [3.8, 4) is 5.75 Å². The molecule has 0 aromatic heterocycles. The van der Waals surface area contributed by atoms with Gasteiger partial charge in [-0.1, -0.05) is 18.2 Å². The SMILES string of the molecule is COc1ccccc1CC(=O)NCC1(N)CCC1.Cl. The van der Waals surface area contributed by atoms with Crippen LogP contribution in [0.2, 0.25) is 0 Å². The number of halogens is 1. The zero-order chi connectivity index (χ0) is 13.0. The van der Waals surface area contributed by atoms with Gasteiger partial charge in [0.25, 0.3) is 0 Å². The first-order valence-corrected chi connectivity index (χ1v) is 6.30. The number of nitrogens with one attached hydrogen (secondary N) is 1. The highest BCUT2D eigenvalue weighted by atomic mass is 35.5. The minimum absolute atomic E-state index is 0. The predicted octanol–water partition coefficient (Wildman–Crippen LogP) is 1.66. The van der Waals surface area contributed by atoms with Gasteiger partial charge in [0.05, 0.1) is 13.5 Å². The normalized spacial score (nSPS) is 15.9. The van der Waals surface area contributed by atoms with Gasteiger partial charge in [-0.3, -0.25) is 4.79 Å². The van der Waals surface area contributed by atoms with Crippen LogP contribution < -0.4 is 15.8 Å². The zero-order valence-electron chi connectivity index (χ0n) is 11.1. The lowest BCUT2D eigenvalue weighted by molar-refractivity contribution is -0.120. The third kappa shape index (κ3) is 4.11. The Morgan fingerprint density at radius 3 is 2.68 bits per heavy atom. The number of nitrogens with two attached hydrogens (primary N) is 1. The Balaban J connectivity index is 0.00000180. The highest BCUT2D eigenvalue weighted by molar-refractivity contribution is 5.85. The van der Waals surface area contributed by atoms with Crippen LogP contribution in [0.25, 0.3) is 0 Å². The summed E-state index contributed by atoms with van der Waals surface area (Å²) in [5.41, 5.74) is 6.79. The lowest BCUT2D eigenvalue weighted by Gasteiger charge is -2.38. The van der Waals surface area contributed by atoms with Crippen molar-refractivity contribution in [3.05, 3.63) is 29.8 Å². The number of ether oxygens (including phenoxy) is 1. The smallest absolute Gasteiger partial charge is 0.224 e. The molecule has 5 heteroatoms. The number of rotatable bonds is 5. The summed E-state index contributed by atoms with van der Waals surface area (Å²) < 4.78 is 5.22. The molecule has 106 valence electrons. The van der Waals surface area contributed by atoms with Crippen molar-refractivity contribution in [1.29, 1.82) is 0 Å². The topological polar surface area (TPSA) is 64.3 Å². The van der Waals surface area contributed by atoms with Gasteiger partial charge in [-0.05, 0) is 25.3 Å². The van der Waals surface area contributed by atoms with Crippen molar-refractivity contribution < 1.29 is 9.53 Å². The Labute approximate surface area is 120 Å². The first-order valence-electron chi connectivity index (χ1n) is 6.30. The van der Waals surface area contributed by atoms with Gasteiger partial charge in [-0.25, -0.2) is 0 Å². The Hall–Kier alpha value is -1.26. The molecule has 19 heavy (non-hydrogen) atoms. The van der Waals surface area contributed by atoms with E-state index >= 15 is 0 Å². The van der Waals surface area contributed by atoms with Gasteiger partial charge >= 0.3 is 0 Å². The quantitative estimate of drug-likeness (QED) is 0.864. The summed E-state index contributed by atoms with van der Waals surface area (Å²) >= 11 is 0.